The number of halogens is 2. The number of amides is 1. The van der Waals surface area contributed by atoms with Crippen LogP contribution in [0.3, 0.4) is 0 Å². The highest BCUT2D eigenvalue weighted by Gasteiger charge is 2.09. The van der Waals surface area contributed by atoms with Crippen molar-refractivity contribution < 1.29 is 18.3 Å². The van der Waals surface area contributed by atoms with Gasteiger partial charge in [0.1, 0.15) is 5.75 Å². The summed E-state index contributed by atoms with van der Waals surface area (Å²) in [6, 6.07) is 6.50. The number of ether oxygens (including phenoxy) is 1. The third kappa shape index (κ3) is 6.15. The van der Waals surface area contributed by atoms with Crippen molar-refractivity contribution in [1.82, 2.24) is 10.6 Å². The first-order chi connectivity index (χ1) is 9.13. The zero-order chi connectivity index (χ0) is 14.1. The lowest BCUT2D eigenvalue weighted by Crippen LogP contribution is -2.34. The second-order valence-corrected chi connectivity index (χ2v) is 3.94. The van der Waals surface area contributed by atoms with E-state index in [9.17, 15) is 13.6 Å². The van der Waals surface area contributed by atoms with Gasteiger partial charge in [-0.15, -0.1) is 0 Å². The molecule has 0 saturated carbocycles. The van der Waals surface area contributed by atoms with E-state index >= 15 is 0 Å². The molecule has 0 radical (unpaired) electrons. The summed E-state index contributed by atoms with van der Waals surface area (Å²) in [6.07, 6.45) is 0.872. The number of hydrogen-bond acceptors (Lipinski definition) is 3. The van der Waals surface area contributed by atoms with Crippen molar-refractivity contribution >= 4 is 5.91 Å². The van der Waals surface area contributed by atoms with E-state index in [0.29, 0.717) is 18.7 Å². The molecule has 0 spiro atoms. The van der Waals surface area contributed by atoms with Crippen molar-refractivity contribution in [2.75, 3.05) is 13.1 Å². The Kier molecular flexibility index (Phi) is 6.81. The van der Waals surface area contributed by atoms with Gasteiger partial charge in [0.05, 0.1) is 6.54 Å². The van der Waals surface area contributed by atoms with Crippen LogP contribution in [0.15, 0.2) is 24.3 Å². The maximum atomic E-state index is 12.2. The average molecular weight is 272 g/mol. The number of benzene rings is 1. The van der Waals surface area contributed by atoms with Crippen molar-refractivity contribution in [1.29, 1.82) is 0 Å². The van der Waals surface area contributed by atoms with Gasteiger partial charge in [-0.25, -0.2) is 0 Å². The van der Waals surface area contributed by atoms with E-state index in [1.165, 1.54) is 6.07 Å². The van der Waals surface area contributed by atoms with Gasteiger partial charge in [-0.2, -0.15) is 8.78 Å². The summed E-state index contributed by atoms with van der Waals surface area (Å²) < 4.78 is 28.8. The molecule has 0 bridgehead atoms. The van der Waals surface area contributed by atoms with Crippen molar-refractivity contribution in [3.8, 4) is 5.75 Å². The highest BCUT2D eigenvalue weighted by atomic mass is 19.3. The zero-order valence-electron chi connectivity index (χ0n) is 10.8. The fourth-order valence-electron chi connectivity index (χ4n) is 1.50. The molecule has 0 unspecified atom stereocenters. The summed E-state index contributed by atoms with van der Waals surface area (Å²) in [7, 11) is 0. The molecule has 106 valence electrons. The molecule has 1 aromatic carbocycles. The predicted octanol–water partition coefficient (Wildman–Crippen LogP) is 1.90. The number of carbonyl (C=O) groups is 1. The van der Waals surface area contributed by atoms with Crippen LogP contribution in [0.1, 0.15) is 18.9 Å². The number of rotatable bonds is 8. The van der Waals surface area contributed by atoms with Crippen molar-refractivity contribution in [2.45, 2.75) is 26.5 Å². The Labute approximate surface area is 111 Å². The third-order valence-corrected chi connectivity index (χ3v) is 2.36. The molecule has 1 aromatic rings. The van der Waals surface area contributed by atoms with Gasteiger partial charge < -0.3 is 15.4 Å². The second-order valence-electron chi connectivity index (χ2n) is 3.94. The molecule has 1 amide bonds. The zero-order valence-corrected chi connectivity index (χ0v) is 10.8. The summed E-state index contributed by atoms with van der Waals surface area (Å²) in [5.41, 5.74) is 0.589. The van der Waals surface area contributed by atoms with E-state index in [1.807, 2.05) is 6.92 Å². The molecule has 6 heteroatoms. The van der Waals surface area contributed by atoms with E-state index in [-0.39, 0.29) is 18.2 Å². The number of hydrogen-bond donors (Lipinski definition) is 2. The first-order valence-corrected chi connectivity index (χ1v) is 6.13. The summed E-state index contributed by atoms with van der Waals surface area (Å²) in [5, 5.41) is 5.60. The molecule has 0 aliphatic heterocycles. The molecule has 19 heavy (non-hydrogen) atoms. The van der Waals surface area contributed by atoms with Crippen LogP contribution in [0.25, 0.3) is 0 Å². The highest BCUT2D eigenvalue weighted by molar-refractivity contribution is 5.77. The minimum Gasteiger partial charge on any atom is -0.434 e. The van der Waals surface area contributed by atoms with E-state index in [0.717, 1.165) is 6.42 Å². The topological polar surface area (TPSA) is 50.4 Å². The fourth-order valence-corrected chi connectivity index (χ4v) is 1.50. The lowest BCUT2D eigenvalue weighted by atomic mass is 10.2. The Balaban J connectivity index is 2.42. The molecular weight excluding hydrogens is 254 g/mol. The molecule has 2 N–H and O–H groups in total. The normalized spacial score (nSPS) is 10.5. The summed E-state index contributed by atoms with van der Waals surface area (Å²) in [4.78, 5) is 11.3. The van der Waals surface area contributed by atoms with Crippen LogP contribution in [0, 0.1) is 0 Å². The van der Waals surface area contributed by atoms with Gasteiger partial charge >= 0.3 is 6.61 Å². The molecule has 0 saturated heterocycles. The van der Waals surface area contributed by atoms with E-state index in [4.69, 9.17) is 0 Å². The maximum absolute atomic E-state index is 12.2. The molecule has 0 fully saturated rings. The predicted molar refractivity (Wildman–Crippen MR) is 68.1 cm³/mol. The Morgan fingerprint density at radius 1 is 1.37 bits per heavy atom. The van der Waals surface area contributed by atoms with Crippen LogP contribution in [-0.4, -0.2) is 25.6 Å². The van der Waals surface area contributed by atoms with Crippen LogP contribution < -0.4 is 15.4 Å². The first-order valence-electron chi connectivity index (χ1n) is 6.13. The molecule has 1 rings (SSSR count). The summed E-state index contributed by atoms with van der Waals surface area (Å²) in [6.45, 7) is 0.178. The maximum Gasteiger partial charge on any atom is 0.387 e. The smallest absolute Gasteiger partial charge is 0.387 e. The summed E-state index contributed by atoms with van der Waals surface area (Å²) >= 11 is 0. The lowest BCUT2D eigenvalue weighted by Gasteiger charge is -2.11. The first kappa shape index (κ1) is 15.4. The average Bonchev–Trinajstić information content (AvgIpc) is 2.38. The molecule has 0 aliphatic rings. The molecule has 4 nitrogen and oxygen atoms in total. The molecule has 0 heterocycles. The Hall–Kier alpha value is -1.69. The number of alkyl halides is 2. The van der Waals surface area contributed by atoms with Crippen LogP contribution in [0.2, 0.25) is 0 Å². The minimum atomic E-state index is -2.85. The van der Waals surface area contributed by atoms with E-state index < -0.39 is 6.61 Å². The summed E-state index contributed by atoms with van der Waals surface area (Å²) in [5.74, 6) is 0.00748. The SMILES string of the molecule is CCCNC(=O)CNCc1ccccc1OC(F)F. The largest absolute Gasteiger partial charge is 0.434 e. The standard InChI is InChI=1S/C13H18F2N2O2/c1-2-7-17-12(18)9-16-8-10-5-3-4-6-11(10)19-13(14)15/h3-6,13,16H,2,7-9H2,1H3,(H,17,18). The fraction of sp³-hybridized carbons (Fsp3) is 0.462. The Morgan fingerprint density at radius 3 is 2.79 bits per heavy atom. The Morgan fingerprint density at radius 2 is 2.11 bits per heavy atom. The molecule has 0 aliphatic carbocycles. The van der Waals surface area contributed by atoms with Crippen molar-refractivity contribution in [3.05, 3.63) is 29.8 Å². The Bertz CT molecular complexity index is 400. The number of para-hydroxylation sites is 1. The lowest BCUT2D eigenvalue weighted by molar-refractivity contribution is -0.120. The van der Waals surface area contributed by atoms with Gasteiger partial charge in [0.2, 0.25) is 5.91 Å². The third-order valence-electron chi connectivity index (χ3n) is 2.36. The monoisotopic (exact) mass is 272 g/mol. The van der Waals surface area contributed by atoms with Crippen LogP contribution in [0.4, 0.5) is 8.78 Å². The van der Waals surface area contributed by atoms with Gasteiger partial charge in [-0.1, -0.05) is 25.1 Å². The van der Waals surface area contributed by atoms with Gasteiger partial charge in [-0.3, -0.25) is 4.79 Å². The van der Waals surface area contributed by atoms with E-state index in [2.05, 4.69) is 15.4 Å². The number of carbonyl (C=O) groups excluding carboxylic acids is 1. The van der Waals surface area contributed by atoms with Crippen molar-refractivity contribution in [2.24, 2.45) is 0 Å². The minimum absolute atomic E-state index is 0.117. The van der Waals surface area contributed by atoms with Crippen LogP contribution >= 0.6 is 0 Å². The second kappa shape index (κ2) is 8.42. The molecular formula is C13H18F2N2O2. The van der Waals surface area contributed by atoms with Gasteiger partial charge in [0.15, 0.2) is 0 Å². The van der Waals surface area contributed by atoms with Gasteiger partial charge in [0.25, 0.3) is 0 Å². The highest BCUT2D eigenvalue weighted by Crippen LogP contribution is 2.19. The number of nitrogens with one attached hydrogen (secondary N) is 2. The van der Waals surface area contributed by atoms with E-state index in [1.54, 1.807) is 18.2 Å². The molecule has 0 aromatic heterocycles. The van der Waals surface area contributed by atoms with Gasteiger partial charge in [-0.05, 0) is 12.5 Å². The van der Waals surface area contributed by atoms with Crippen molar-refractivity contribution in [3.63, 3.8) is 0 Å². The van der Waals surface area contributed by atoms with Crippen LogP contribution in [-0.2, 0) is 11.3 Å². The quantitative estimate of drug-likeness (QED) is 0.760. The van der Waals surface area contributed by atoms with Gasteiger partial charge in [0, 0.05) is 18.7 Å². The van der Waals surface area contributed by atoms with Crippen LogP contribution in [0.5, 0.6) is 5.75 Å². The molecule has 0 atom stereocenters.